The lowest BCUT2D eigenvalue weighted by atomic mass is 9.81. The van der Waals surface area contributed by atoms with Gasteiger partial charge in [0.25, 0.3) is 0 Å². The first kappa shape index (κ1) is 14.1. The molecule has 6 heteroatoms. The third kappa shape index (κ3) is 4.93. The molecule has 0 aliphatic heterocycles. The molecule has 1 atom stereocenters. The Kier molecular flexibility index (Phi) is 4.94. The zero-order valence-corrected chi connectivity index (χ0v) is 9.91. The van der Waals surface area contributed by atoms with Crippen molar-refractivity contribution in [3.63, 3.8) is 0 Å². The summed E-state index contributed by atoms with van der Waals surface area (Å²) in [6.07, 6.45) is 3.33. The molecule has 1 aliphatic rings. The van der Waals surface area contributed by atoms with Gasteiger partial charge in [-0.05, 0) is 18.8 Å². The maximum atomic E-state index is 12.0. The highest BCUT2D eigenvalue weighted by atomic mass is 32.2. The molecular weight excluding hydrogens is 239 g/mol. The van der Waals surface area contributed by atoms with E-state index in [1.807, 2.05) is 0 Å². The summed E-state index contributed by atoms with van der Waals surface area (Å²) in [6.45, 7) is 0.150. The van der Waals surface area contributed by atoms with Crippen LogP contribution in [0.2, 0.25) is 0 Å². The summed E-state index contributed by atoms with van der Waals surface area (Å²) in [5, 5.41) is 9.31. The summed E-state index contributed by atoms with van der Waals surface area (Å²) >= 11 is -0.0280. The Morgan fingerprint density at radius 3 is 2.31 bits per heavy atom. The van der Waals surface area contributed by atoms with Crippen molar-refractivity contribution >= 4 is 11.8 Å². The van der Waals surface area contributed by atoms with Crippen LogP contribution in [0.3, 0.4) is 0 Å². The van der Waals surface area contributed by atoms with Gasteiger partial charge < -0.3 is 10.8 Å². The molecule has 96 valence electrons. The van der Waals surface area contributed by atoms with Gasteiger partial charge >= 0.3 is 5.51 Å². The number of hydrogen-bond acceptors (Lipinski definition) is 3. The predicted molar refractivity (Wildman–Crippen MR) is 59.0 cm³/mol. The Bertz CT molecular complexity index is 215. The maximum absolute atomic E-state index is 12.0. The fourth-order valence-electron chi connectivity index (χ4n) is 1.81. The van der Waals surface area contributed by atoms with Crippen molar-refractivity contribution in [2.75, 3.05) is 18.9 Å². The quantitative estimate of drug-likeness (QED) is 0.736. The number of aliphatic hydroxyl groups excluding tert-OH is 1. The van der Waals surface area contributed by atoms with Gasteiger partial charge in [0.1, 0.15) is 0 Å². The minimum absolute atomic E-state index is 0.0199. The van der Waals surface area contributed by atoms with Crippen molar-refractivity contribution in [1.82, 2.24) is 0 Å². The SMILES string of the molecule is NCC(CO)(CCSC(F)(F)F)CC1CC1. The van der Waals surface area contributed by atoms with E-state index in [-0.39, 0.29) is 30.7 Å². The summed E-state index contributed by atoms with van der Waals surface area (Å²) in [6, 6.07) is 0. The van der Waals surface area contributed by atoms with Gasteiger partial charge in [-0.15, -0.1) is 0 Å². The zero-order chi connectivity index (χ0) is 12.2. The molecule has 0 aromatic heterocycles. The van der Waals surface area contributed by atoms with E-state index in [0.29, 0.717) is 12.3 Å². The number of hydrogen-bond donors (Lipinski definition) is 2. The number of nitrogens with two attached hydrogens (primary N) is 1. The molecule has 1 rings (SSSR count). The predicted octanol–water partition coefficient (Wildman–Crippen LogP) is 2.37. The van der Waals surface area contributed by atoms with Crippen LogP contribution in [0, 0.1) is 11.3 Å². The lowest BCUT2D eigenvalue weighted by Crippen LogP contribution is -2.35. The van der Waals surface area contributed by atoms with E-state index in [2.05, 4.69) is 0 Å². The molecule has 16 heavy (non-hydrogen) atoms. The highest BCUT2D eigenvalue weighted by molar-refractivity contribution is 8.00. The number of thioether (sulfide) groups is 1. The molecule has 0 heterocycles. The summed E-state index contributed by atoms with van der Waals surface area (Å²) in [5.74, 6) is 0.542. The Labute approximate surface area is 97.8 Å². The van der Waals surface area contributed by atoms with Crippen LogP contribution in [-0.4, -0.2) is 29.5 Å². The van der Waals surface area contributed by atoms with Crippen molar-refractivity contribution in [3.05, 3.63) is 0 Å². The van der Waals surface area contributed by atoms with E-state index < -0.39 is 10.9 Å². The van der Waals surface area contributed by atoms with Crippen LogP contribution in [0.25, 0.3) is 0 Å². The standard InChI is InChI=1S/C10H18F3NOS/c11-10(12,13)16-4-3-9(6-14,7-15)5-8-1-2-8/h8,15H,1-7,14H2. The first-order valence-electron chi connectivity index (χ1n) is 5.42. The van der Waals surface area contributed by atoms with Gasteiger partial charge in [-0.25, -0.2) is 0 Å². The van der Waals surface area contributed by atoms with E-state index in [0.717, 1.165) is 19.3 Å². The lowest BCUT2D eigenvalue weighted by molar-refractivity contribution is -0.0330. The van der Waals surface area contributed by atoms with Crippen LogP contribution >= 0.6 is 11.8 Å². The Morgan fingerprint density at radius 2 is 1.94 bits per heavy atom. The third-order valence-corrected chi connectivity index (χ3v) is 3.82. The Morgan fingerprint density at radius 1 is 1.31 bits per heavy atom. The molecule has 0 radical (unpaired) electrons. The minimum atomic E-state index is -4.19. The minimum Gasteiger partial charge on any atom is -0.396 e. The van der Waals surface area contributed by atoms with Crippen molar-refractivity contribution in [2.24, 2.45) is 17.1 Å². The van der Waals surface area contributed by atoms with Crippen molar-refractivity contribution in [1.29, 1.82) is 0 Å². The van der Waals surface area contributed by atoms with Crippen LogP contribution in [0.15, 0.2) is 0 Å². The number of alkyl halides is 3. The van der Waals surface area contributed by atoms with Crippen LogP contribution in [0.1, 0.15) is 25.7 Å². The smallest absolute Gasteiger partial charge is 0.396 e. The first-order valence-corrected chi connectivity index (χ1v) is 6.41. The van der Waals surface area contributed by atoms with Crippen LogP contribution < -0.4 is 5.73 Å². The van der Waals surface area contributed by atoms with E-state index in [1.165, 1.54) is 0 Å². The number of aliphatic hydroxyl groups is 1. The largest absolute Gasteiger partial charge is 0.441 e. The Hall–Kier alpha value is 0.0600. The second-order valence-corrected chi connectivity index (χ2v) is 5.71. The van der Waals surface area contributed by atoms with Crippen LogP contribution in [-0.2, 0) is 0 Å². The van der Waals surface area contributed by atoms with Crippen molar-refractivity contribution in [3.8, 4) is 0 Å². The van der Waals surface area contributed by atoms with Gasteiger partial charge in [-0.1, -0.05) is 24.6 Å². The number of halogens is 3. The lowest BCUT2D eigenvalue weighted by Gasteiger charge is -2.30. The summed E-state index contributed by atoms with van der Waals surface area (Å²) in [4.78, 5) is 0. The monoisotopic (exact) mass is 257 g/mol. The highest BCUT2D eigenvalue weighted by Crippen LogP contribution is 2.43. The molecule has 0 aromatic carbocycles. The summed E-state index contributed by atoms with van der Waals surface area (Å²) < 4.78 is 35.9. The number of rotatable bonds is 7. The molecule has 0 saturated heterocycles. The van der Waals surface area contributed by atoms with Gasteiger partial charge in [0.15, 0.2) is 0 Å². The van der Waals surface area contributed by atoms with Crippen molar-refractivity contribution < 1.29 is 18.3 Å². The topological polar surface area (TPSA) is 46.2 Å². The van der Waals surface area contributed by atoms with E-state index in [1.54, 1.807) is 0 Å². The van der Waals surface area contributed by atoms with Crippen LogP contribution in [0.4, 0.5) is 13.2 Å². The van der Waals surface area contributed by atoms with Crippen molar-refractivity contribution in [2.45, 2.75) is 31.2 Å². The molecule has 3 N–H and O–H groups in total. The molecule has 1 unspecified atom stereocenters. The fraction of sp³-hybridized carbons (Fsp3) is 1.00. The normalized spacial score (nSPS) is 20.8. The summed E-state index contributed by atoms with van der Waals surface area (Å²) in [5.41, 5.74) is 0.908. The maximum Gasteiger partial charge on any atom is 0.441 e. The second-order valence-electron chi connectivity index (χ2n) is 4.55. The molecule has 0 bridgehead atoms. The van der Waals surface area contributed by atoms with E-state index >= 15 is 0 Å². The van der Waals surface area contributed by atoms with Gasteiger partial charge in [-0.2, -0.15) is 13.2 Å². The van der Waals surface area contributed by atoms with E-state index in [4.69, 9.17) is 5.73 Å². The van der Waals surface area contributed by atoms with Gasteiger partial charge in [0.05, 0.1) is 0 Å². The van der Waals surface area contributed by atoms with Gasteiger partial charge in [-0.3, -0.25) is 0 Å². The molecule has 0 aromatic rings. The fourth-order valence-corrected chi connectivity index (χ4v) is 2.58. The molecule has 1 aliphatic carbocycles. The molecule has 0 amide bonds. The molecule has 2 nitrogen and oxygen atoms in total. The average molecular weight is 257 g/mol. The van der Waals surface area contributed by atoms with E-state index in [9.17, 15) is 18.3 Å². The molecule has 1 saturated carbocycles. The summed E-state index contributed by atoms with van der Waals surface area (Å²) in [7, 11) is 0. The molecular formula is C10H18F3NOS. The van der Waals surface area contributed by atoms with Gasteiger partial charge in [0, 0.05) is 24.3 Å². The molecule has 1 fully saturated rings. The van der Waals surface area contributed by atoms with Gasteiger partial charge in [0.2, 0.25) is 0 Å². The highest BCUT2D eigenvalue weighted by Gasteiger charge is 2.37. The Balaban J connectivity index is 2.36. The second kappa shape index (κ2) is 5.60. The van der Waals surface area contributed by atoms with Crippen LogP contribution in [0.5, 0.6) is 0 Å². The molecule has 0 spiro atoms. The zero-order valence-electron chi connectivity index (χ0n) is 9.09. The first-order chi connectivity index (χ1) is 7.41. The third-order valence-electron chi connectivity index (χ3n) is 3.09. The average Bonchev–Trinajstić information content (AvgIpc) is 2.98.